The van der Waals surface area contributed by atoms with Crippen LogP contribution in [-0.4, -0.2) is 40.8 Å². The Morgan fingerprint density at radius 2 is 1.68 bits per heavy atom. The van der Waals surface area contributed by atoms with Gasteiger partial charge in [-0.15, -0.1) is 0 Å². The van der Waals surface area contributed by atoms with Gasteiger partial charge in [0.05, 0.1) is 0 Å². The minimum absolute atomic E-state index is 0.347. The zero-order valence-electron chi connectivity index (χ0n) is 11.3. The first-order valence-electron chi connectivity index (χ1n) is 5.64. The van der Waals surface area contributed by atoms with Crippen molar-refractivity contribution in [2.75, 3.05) is 14.1 Å². The number of thiocarbonyl (C=S) groups is 1. The number of hydrogen-bond donors (Lipinski definition) is 1. The van der Waals surface area contributed by atoms with E-state index in [1.54, 1.807) is 43.3 Å². The van der Waals surface area contributed by atoms with Crippen LogP contribution in [0.3, 0.4) is 0 Å². The monoisotopic (exact) mass is 283 g/mol. The summed E-state index contributed by atoms with van der Waals surface area (Å²) in [7, 11) is 3.57. The van der Waals surface area contributed by atoms with Crippen LogP contribution in [0.15, 0.2) is 24.3 Å². The molecule has 0 amide bonds. The van der Waals surface area contributed by atoms with Gasteiger partial charge in [-0.1, -0.05) is 0 Å². The van der Waals surface area contributed by atoms with Gasteiger partial charge in [0.25, 0.3) is 5.17 Å². The summed E-state index contributed by atoms with van der Waals surface area (Å²) < 4.78 is 10.8. The number of carboxylic acid groups (broad SMARTS) is 1. The molecule has 5 nitrogen and oxygen atoms in total. The third kappa shape index (κ3) is 4.40. The van der Waals surface area contributed by atoms with E-state index in [4.69, 9.17) is 26.8 Å². The average molecular weight is 283 g/mol. The molecule has 0 radical (unpaired) electrons. The Bertz CT molecular complexity index is 468. The molecule has 0 aliphatic heterocycles. The lowest BCUT2D eigenvalue weighted by atomic mass is 10.1. The Balaban J connectivity index is 2.72. The number of carboxylic acids is 1. The van der Waals surface area contributed by atoms with Crippen molar-refractivity contribution in [2.24, 2.45) is 0 Å². The van der Waals surface area contributed by atoms with Gasteiger partial charge in [0, 0.05) is 14.1 Å². The predicted octanol–water partition coefficient (Wildman–Crippen LogP) is 2.15. The Labute approximate surface area is 117 Å². The molecular formula is C13H17NO4S. The highest BCUT2D eigenvalue weighted by atomic mass is 32.1. The minimum Gasteiger partial charge on any atom is -0.478 e. The maximum atomic E-state index is 10.9. The fraction of sp³-hybridized carbons (Fsp3) is 0.385. The molecule has 1 rings (SSSR count). The molecule has 104 valence electrons. The third-order valence-corrected chi connectivity index (χ3v) is 2.73. The smallest absolute Gasteiger partial charge is 0.347 e. The standard InChI is InChI=1S/C13H17NO4S/c1-13(2,11(15)16)18-10-7-5-9(6-8-10)17-12(19)14(3)4/h5-8H,1-4H3,(H,15,16). The topological polar surface area (TPSA) is 59.0 Å². The van der Waals surface area contributed by atoms with Gasteiger partial charge in [-0.2, -0.15) is 0 Å². The van der Waals surface area contributed by atoms with Crippen LogP contribution in [0.4, 0.5) is 0 Å². The van der Waals surface area contributed by atoms with Crippen molar-refractivity contribution >= 4 is 23.4 Å². The molecule has 1 aromatic rings. The van der Waals surface area contributed by atoms with Crippen LogP contribution < -0.4 is 9.47 Å². The highest BCUT2D eigenvalue weighted by Gasteiger charge is 2.29. The molecule has 0 fully saturated rings. The summed E-state index contributed by atoms with van der Waals surface area (Å²) >= 11 is 5.01. The summed E-state index contributed by atoms with van der Waals surface area (Å²) in [5.74, 6) is -0.00341. The lowest BCUT2D eigenvalue weighted by Crippen LogP contribution is -2.37. The first kappa shape index (κ1) is 15.2. The normalized spacial score (nSPS) is 10.7. The van der Waals surface area contributed by atoms with E-state index >= 15 is 0 Å². The molecule has 0 saturated carbocycles. The van der Waals surface area contributed by atoms with Crippen LogP contribution in [0.5, 0.6) is 11.5 Å². The molecule has 0 aliphatic carbocycles. The van der Waals surface area contributed by atoms with Gasteiger partial charge in [0.15, 0.2) is 5.60 Å². The van der Waals surface area contributed by atoms with Crippen LogP contribution in [0, 0.1) is 0 Å². The molecule has 0 spiro atoms. The Morgan fingerprint density at radius 3 is 2.11 bits per heavy atom. The van der Waals surface area contributed by atoms with Crippen molar-refractivity contribution in [3.8, 4) is 11.5 Å². The van der Waals surface area contributed by atoms with E-state index in [0.717, 1.165) is 0 Å². The number of hydrogen-bond acceptors (Lipinski definition) is 4. The number of nitrogens with zero attached hydrogens (tertiary/aromatic N) is 1. The summed E-state index contributed by atoms with van der Waals surface area (Å²) in [5, 5.41) is 9.31. The van der Waals surface area contributed by atoms with Crippen LogP contribution >= 0.6 is 12.2 Å². The molecule has 0 atom stereocenters. The second-order valence-corrected chi connectivity index (χ2v) is 5.00. The first-order chi connectivity index (χ1) is 8.72. The number of aliphatic carboxylic acids is 1. The molecule has 1 aromatic carbocycles. The van der Waals surface area contributed by atoms with Crippen molar-refractivity contribution in [3.63, 3.8) is 0 Å². The fourth-order valence-corrected chi connectivity index (χ4v) is 1.20. The molecule has 6 heteroatoms. The second kappa shape index (κ2) is 5.88. The second-order valence-electron chi connectivity index (χ2n) is 4.65. The van der Waals surface area contributed by atoms with Crippen LogP contribution in [0.1, 0.15) is 13.8 Å². The van der Waals surface area contributed by atoms with Gasteiger partial charge in [0.2, 0.25) is 0 Å². The third-order valence-electron chi connectivity index (χ3n) is 2.28. The zero-order valence-corrected chi connectivity index (χ0v) is 12.2. The lowest BCUT2D eigenvalue weighted by molar-refractivity contribution is -0.152. The van der Waals surface area contributed by atoms with Gasteiger partial charge in [-0.25, -0.2) is 4.79 Å². The first-order valence-corrected chi connectivity index (χ1v) is 6.05. The van der Waals surface area contributed by atoms with E-state index in [9.17, 15) is 4.79 Å². The minimum atomic E-state index is -1.28. The summed E-state index contributed by atoms with van der Waals surface area (Å²) in [5.41, 5.74) is -1.28. The van der Waals surface area contributed by atoms with E-state index in [0.29, 0.717) is 16.7 Å². The molecule has 1 N–H and O–H groups in total. The fourth-order valence-electron chi connectivity index (χ4n) is 1.11. The molecular weight excluding hydrogens is 266 g/mol. The summed E-state index contributed by atoms with van der Waals surface area (Å²) in [6, 6.07) is 6.61. The van der Waals surface area contributed by atoms with E-state index < -0.39 is 11.6 Å². The number of carbonyl (C=O) groups is 1. The quantitative estimate of drug-likeness (QED) is 0.854. The molecule has 19 heavy (non-hydrogen) atoms. The average Bonchev–Trinajstić information content (AvgIpc) is 2.30. The molecule has 0 saturated heterocycles. The number of ether oxygens (including phenoxy) is 2. The van der Waals surface area contributed by atoms with Crippen molar-refractivity contribution < 1.29 is 19.4 Å². The number of benzene rings is 1. The van der Waals surface area contributed by atoms with E-state index in [-0.39, 0.29) is 0 Å². The highest BCUT2D eigenvalue weighted by molar-refractivity contribution is 7.80. The molecule has 0 bridgehead atoms. The maximum absolute atomic E-state index is 10.9. The van der Waals surface area contributed by atoms with Gasteiger partial charge in [-0.05, 0) is 50.3 Å². The van der Waals surface area contributed by atoms with Crippen molar-refractivity contribution in [2.45, 2.75) is 19.4 Å². The Morgan fingerprint density at radius 1 is 1.21 bits per heavy atom. The van der Waals surface area contributed by atoms with Crippen LogP contribution in [-0.2, 0) is 4.79 Å². The molecule has 0 aliphatic rings. The summed E-state index contributed by atoms with van der Waals surface area (Å²) in [6.45, 7) is 2.97. The van der Waals surface area contributed by atoms with Crippen molar-refractivity contribution in [1.82, 2.24) is 4.90 Å². The SMILES string of the molecule is CN(C)C(=S)Oc1ccc(OC(C)(C)C(=O)O)cc1. The van der Waals surface area contributed by atoms with Crippen molar-refractivity contribution in [3.05, 3.63) is 24.3 Å². The summed E-state index contributed by atoms with van der Waals surface area (Å²) in [6.07, 6.45) is 0. The predicted molar refractivity (Wildman–Crippen MR) is 75.7 cm³/mol. The number of rotatable bonds is 4. The molecule has 0 aromatic heterocycles. The Kier molecular flexibility index (Phi) is 4.72. The van der Waals surface area contributed by atoms with E-state index in [1.165, 1.54) is 13.8 Å². The molecule has 0 unspecified atom stereocenters. The van der Waals surface area contributed by atoms with Crippen molar-refractivity contribution in [1.29, 1.82) is 0 Å². The van der Waals surface area contributed by atoms with Crippen LogP contribution in [0.2, 0.25) is 0 Å². The highest BCUT2D eigenvalue weighted by Crippen LogP contribution is 2.22. The zero-order chi connectivity index (χ0) is 14.6. The van der Waals surface area contributed by atoms with E-state index in [2.05, 4.69) is 0 Å². The van der Waals surface area contributed by atoms with Gasteiger partial charge >= 0.3 is 5.97 Å². The van der Waals surface area contributed by atoms with Gasteiger partial charge in [0.1, 0.15) is 11.5 Å². The largest absolute Gasteiger partial charge is 0.478 e. The van der Waals surface area contributed by atoms with Gasteiger partial charge < -0.3 is 19.5 Å². The molecule has 0 heterocycles. The van der Waals surface area contributed by atoms with Gasteiger partial charge in [-0.3, -0.25) is 0 Å². The van der Waals surface area contributed by atoms with Crippen LogP contribution in [0.25, 0.3) is 0 Å². The Hall–Kier alpha value is -1.82. The maximum Gasteiger partial charge on any atom is 0.347 e. The van der Waals surface area contributed by atoms with E-state index in [1.807, 2.05) is 0 Å². The summed E-state index contributed by atoms with van der Waals surface area (Å²) in [4.78, 5) is 12.6. The lowest BCUT2D eigenvalue weighted by Gasteiger charge is -2.21.